The summed E-state index contributed by atoms with van der Waals surface area (Å²) in [5, 5.41) is 10.6. The molecule has 3 N–H and O–H groups in total. The minimum Gasteiger partial charge on any atom is -0.462 e. The zero-order valence-corrected chi connectivity index (χ0v) is 62.3. The first kappa shape index (κ1) is 91.1. The summed E-state index contributed by atoms with van der Waals surface area (Å²) in [5.74, 6) is -0.633. The molecule has 5 atom stereocenters. The van der Waals surface area contributed by atoms with Gasteiger partial charge in [-0.25, -0.2) is 9.13 Å². The number of carbonyl (C=O) groups is 4. The van der Waals surface area contributed by atoms with Crippen molar-refractivity contribution in [2.45, 2.75) is 400 Å². The summed E-state index contributed by atoms with van der Waals surface area (Å²) in [6.45, 7) is 9.45. The molecule has 0 saturated heterocycles. The Morgan fingerprint density at radius 3 is 0.731 bits per heavy atom. The zero-order valence-electron chi connectivity index (χ0n) is 60.6. The summed E-state index contributed by atoms with van der Waals surface area (Å²) in [6, 6.07) is 0. The lowest BCUT2D eigenvalue weighted by Gasteiger charge is -2.21. The fourth-order valence-electron chi connectivity index (χ4n) is 11.3. The molecule has 0 amide bonds. The molecule has 0 aromatic rings. The molecule has 0 bridgehead atoms. The van der Waals surface area contributed by atoms with E-state index in [1.807, 2.05) is 0 Å². The molecule has 0 heterocycles. The molecule has 552 valence electrons. The van der Waals surface area contributed by atoms with Crippen LogP contribution in [0.3, 0.4) is 0 Å². The third-order valence-corrected chi connectivity index (χ3v) is 19.1. The first-order chi connectivity index (χ1) is 44.9. The Balaban J connectivity index is 5.11. The van der Waals surface area contributed by atoms with Crippen LogP contribution in [0.15, 0.2) is 0 Å². The molecule has 0 aliphatic rings. The predicted octanol–water partition coefficient (Wildman–Crippen LogP) is 21.6. The van der Waals surface area contributed by atoms with Crippen molar-refractivity contribution in [2.75, 3.05) is 39.6 Å². The molecular formula is C74H144O17P2. The zero-order chi connectivity index (χ0) is 68.6. The van der Waals surface area contributed by atoms with Crippen molar-refractivity contribution < 1.29 is 80.2 Å². The second-order valence-corrected chi connectivity index (χ2v) is 30.5. The molecule has 93 heavy (non-hydrogen) atoms. The summed E-state index contributed by atoms with van der Waals surface area (Å²) in [5.41, 5.74) is 0. The number of carbonyl (C=O) groups excluding carboxylic acids is 4. The highest BCUT2D eigenvalue weighted by Gasteiger charge is 2.30. The van der Waals surface area contributed by atoms with Gasteiger partial charge < -0.3 is 33.8 Å². The minimum absolute atomic E-state index is 0.104. The molecule has 0 aliphatic heterocycles. The highest BCUT2D eigenvalue weighted by Crippen LogP contribution is 2.45. The topological polar surface area (TPSA) is 237 Å². The van der Waals surface area contributed by atoms with Crippen LogP contribution < -0.4 is 0 Å². The molecule has 0 rings (SSSR count). The van der Waals surface area contributed by atoms with Crippen molar-refractivity contribution in [1.29, 1.82) is 0 Å². The number of phosphoric ester groups is 2. The smallest absolute Gasteiger partial charge is 0.462 e. The number of phosphoric acid groups is 2. The molecule has 19 heteroatoms. The Morgan fingerprint density at radius 2 is 0.495 bits per heavy atom. The molecule has 17 nitrogen and oxygen atoms in total. The van der Waals surface area contributed by atoms with E-state index in [0.717, 1.165) is 108 Å². The normalized spacial score (nSPS) is 14.1. The first-order valence-corrected chi connectivity index (χ1v) is 41.5. The number of aliphatic hydroxyl groups is 1. The lowest BCUT2D eigenvalue weighted by molar-refractivity contribution is -0.161. The van der Waals surface area contributed by atoms with Gasteiger partial charge in [-0.05, 0) is 37.5 Å². The second kappa shape index (κ2) is 66.0. The van der Waals surface area contributed by atoms with Gasteiger partial charge in [0.2, 0.25) is 0 Å². The van der Waals surface area contributed by atoms with E-state index >= 15 is 0 Å². The standard InChI is InChI=1S/C74H144O17P2/c1-7-9-11-13-14-15-16-17-18-19-20-21-22-23-24-25-26-31-34-40-46-52-58-73(78)91-70(63-85-72(77)57-51-45-39-33-30-28-27-29-32-37-43-48-54-66(3)4)65-89-93(82,83)87-61-68(75)60-86-92(80,81)88-64-69(62-84-71(76)56-50-42-12-10-8-2)90-74(79)59-53-47-41-36-35-38-44-49-55-67(5)6/h66-70,75H,7-65H2,1-6H3,(H,80,81)(H,82,83)/t68-,69+,70+/m0/s1. The largest absolute Gasteiger partial charge is 0.472 e. The lowest BCUT2D eigenvalue weighted by atomic mass is 10.0. The number of rotatable bonds is 73. The van der Waals surface area contributed by atoms with Crippen molar-refractivity contribution >= 4 is 39.5 Å². The third-order valence-electron chi connectivity index (χ3n) is 17.2. The molecule has 0 aromatic carbocycles. The van der Waals surface area contributed by atoms with Crippen molar-refractivity contribution in [1.82, 2.24) is 0 Å². The average Bonchev–Trinajstić information content (AvgIpc) is 2.17. The van der Waals surface area contributed by atoms with Gasteiger partial charge in [-0.3, -0.25) is 37.3 Å². The fraction of sp³-hybridized carbons (Fsp3) is 0.946. The molecule has 2 unspecified atom stereocenters. The monoisotopic (exact) mass is 1370 g/mol. The van der Waals surface area contributed by atoms with Crippen LogP contribution in [-0.4, -0.2) is 96.7 Å². The quantitative estimate of drug-likeness (QED) is 0.0222. The molecule has 0 fully saturated rings. The highest BCUT2D eigenvalue weighted by atomic mass is 31.2. The first-order valence-electron chi connectivity index (χ1n) is 38.5. The summed E-state index contributed by atoms with van der Waals surface area (Å²) in [7, 11) is -9.90. The lowest BCUT2D eigenvalue weighted by Crippen LogP contribution is -2.30. The van der Waals surface area contributed by atoms with E-state index in [0.29, 0.717) is 25.7 Å². The Hall–Kier alpha value is -1.94. The summed E-state index contributed by atoms with van der Waals surface area (Å²) < 4.78 is 68.2. The Bertz CT molecular complexity index is 1800. The van der Waals surface area contributed by atoms with Gasteiger partial charge in [-0.1, -0.05) is 330 Å². The van der Waals surface area contributed by atoms with Crippen LogP contribution >= 0.6 is 15.6 Å². The van der Waals surface area contributed by atoms with Crippen LogP contribution in [-0.2, 0) is 65.4 Å². The van der Waals surface area contributed by atoms with Crippen molar-refractivity contribution in [3.63, 3.8) is 0 Å². The summed E-state index contributed by atoms with van der Waals surface area (Å²) >= 11 is 0. The van der Waals surface area contributed by atoms with Crippen molar-refractivity contribution in [2.24, 2.45) is 11.8 Å². The van der Waals surface area contributed by atoms with Gasteiger partial charge in [-0.15, -0.1) is 0 Å². The Kier molecular flexibility index (Phi) is 64.6. The number of esters is 4. The Labute approximate surface area is 568 Å². The predicted molar refractivity (Wildman–Crippen MR) is 377 cm³/mol. The number of hydrogen-bond acceptors (Lipinski definition) is 15. The van der Waals surface area contributed by atoms with E-state index in [4.69, 9.17) is 37.0 Å². The van der Waals surface area contributed by atoms with E-state index in [1.165, 1.54) is 193 Å². The van der Waals surface area contributed by atoms with E-state index in [2.05, 4.69) is 41.5 Å². The maximum Gasteiger partial charge on any atom is 0.472 e. The van der Waals surface area contributed by atoms with E-state index in [-0.39, 0.29) is 25.7 Å². The van der Waals surface area contributed by atoms with Gasteiger partial charge in [-0.2, -0.15) is 0 Å². The molecule has 0 aliphatic carbocycles. The van der Waals surface area contributed by atoms with Crippen LogP contribution in [0, 0.1) is 11.8 Å². The molecule has 0 spiro atoms. The molecule has 0 radical (unpaired) electrons. The molecular weight excluding hydrogens is 1220 g/mol. The van der Waals surface area contributed by atoms with Gasteiger partial charge in [0, 0.05) is 25.7 Å². The van der Waals surface area contributed by atoms with Gasteiger partial charge in [0.25, 0.3) is 0 Å². The van der Waals surface area contributed by atoms with Crippen molar-refractivity contribution in [3.8, 4) is 0 Å². The second-order valence-electron chi connectivity index (χ2n) is 27.6. The number of ether oxygens (including phenoxy) is 4. The highest BCUT2D eigenvalue weighted by molar-refractivity contribution is 7.47. The van der Waals surface area contributed by atoms with E-state index < -0.39 is 97.5 Å². The van der Waals surface area contributed by atoms with Gasteiger partial charge in [0.05, 0.1) is 26.4 Å². The fourth-order valence-corrected chi connectivity index (χ4v) is 12.9. The van der Waals surface area contributed by atoms with Gasteiger partial charge in [0.1, 0.15) is 19.3 Å². The van der Waals surface area contributed by atoms with Crippen LogP contribution in [0.5, 0.6) is 0 Å². The van der Waals surface area contributed by atoms with E-state index in [9.17, 15) is 43.2 Å². The van der Waals surface area contributed by atoms with E-state index in [1.54, 1.807) is 0 Å². The van der Waals surface area contributed by atoms with Gasteiger partial charge >= 0.3 is 39.5 Å². The van der Waals surface area contributed by atoms with Crippen LogP contribution in [0.1, 0.15) is 382 Å². The number of unbranched alkanes of at least 4 members (excludes halogenated alkanes) is 43. The van der Waals surface area contributed by atoms with Crippen LogP contribution in [0.2, 0.25) is 0 Å². The molecule has 0 saturated carbocycles. The maximum atomic E-state index is 13.1. The SMILES string of the molecule is CCCCCCCCCCCCCCCCCCCCCCCCC(=O)O[C@H](COC(=O)CCCCCCCCCCCCCCC(C)C)COP(=O)(O)OC[C@@H](O)COP(=O)(O)OC[C@@H](COC(=O)CCCCCCC)OC(=O)CCCCCCCCCCC(C)C. The Morgan fingerprint density at radius 1 is 0.290 bits per heavy atom. The number of hydrogen-bond donors (Lipinski definition) is 3. The summed E-state index contributed by atoms with van der Waals surface area (Å²) in [6.07, 6.45) is 53.4. The maximum absolute atomic E-state index is 13.1. The minimum atomic E-state index is -4.95. The average molecular weight is 1370 g/mol. The van der Waals surface area contributed by atoms with Crippen molar-refractivity contribution in [3.05, 3.63) is 0 Å². The van der Waals surface area contributed by atoms with Crippen LogP contribution in [0.4, 0.5) is 0 Å². The number of aliphatic hydroxyl groups excluding tert-OH is 1. The van der Waals surface area contributed by atoms with Gasteiger partial charge in [0.15, 0.2) is 12.2 Å². The third kappa shape index (κ3) is 68.4. The van der Waals surface area contributed by atoms with Crippen LogP contribution in [0.25, 0.3) is 0 Å². The molecule has 0 aromatic heterocycles. The summed E-state index contributed by atoms with van der Waals surface area (Å²) in [4.78, 5) is 72.4.